The molecule has 0 aliphatic heterocycles. The number of ether oxygens (including phenoxy) is 1. The van der Waals surface area contributed by atoms with Crippen LogP contribution in [0.25, 0.3) is 0 Å². The molecular weight excluding hydrogens is 312 g/mol. The van der Waals surface area contributed by atoms with E-state index < -0.39 is 5.82 Å². The van der Waals surface area contributed by atoms with E-state index in [9.17, 15) is 4.39 Å². The van der Waals surface area contributed by atoms with Crippen LogP contribution < -0.4 is 10.5 Å². The van der Waals surface area contributed by atoms with Crippen LogP contribution in [0.1, 0.15) is 5.56 Å². The molecule has 0 spiro atoms. The van der Waals surface area contributed by atoms with Crippen molar-refractivity contribution in [2.24, 2.45) is 0 Å². The molecule has 0 heterocycles. The fraction of sp³-hybridized carbons (Fsp3) is 0.0769. The summed E-state index contributed by atoms with van der Waals surface area (Å²) in [6, 6.07) is 7.41. The van der Waals surface area contributed by atoms with Gasteiger partial charge in [0.2, 0.25) is 0 Å². The molecule has 0 atom stereocenters. The van der Waals surface area contributed by atoms with Crippen LogP contribution in [-0.4, -0.2) is 0 Å². The molecule has 19 heavy (non-hydrogen) atoms. The third kappa shape index (κ3) is 3.44. The Hall–Kier alpha value is -1.16. The molecule has 0 saturated heterocycles. The van der Waals surface area contributed by atoms with Crippen molar-refractivity contribution in [3.63, 3.8) is 0 Å². The number of halogens is 4. The van der Waals surface area contributed by atoms with E-state index in [-0.39, 0.29) is 11.6 Å². The summed E-state index contributed by atoms with van der Waals surface area (Å²) >= 11 is 17.6. The van der Waals surface area contributed by atoms with E-state index in [1.54, 1.807) is 18.2 Å². The molecule has 100 valence electrons. The summed E-state index contributed by atoms with van der Waals surface area (Å²) in [6.45, 7) is 0.170. The third-order valence-electron chi connectivity index (χ3n) is 2.39. The normalized spacial score (nSPS) is 10.5. The maximum atomic E-state index is 13.0. The molecule has 2 nitrogen and oxygen atoms in total. The highest BCUT2D eigenvalue weighted by Gasteiger charge is 2.09. The van der Waals surface area contributed by atoms with Gasteiger partial charge < -0.3 is 10.5 Å². The number of nitrogen functional groups attached to an aromatic ring is 1. The molecular formula is C13H9Cl3FNO. The van der Waals surface area contributed by atoms with Crippen LogP contribution in [0.5, 0.6) is 5.75 Å². The minimum absolute atomic E-state index is 0.0376. The fourth-order valence-corrected chi connectivity index (χ4v) is 2.32. The number of hydrogen-bond acceptors (Lipinski definition) is 2. The summed E-state index contributed by atoms with van der Waals surface area (Å²) in [5.41, 5.74) is 6.74. The molecule has 0 aromatic heterocycles. The highest BCUT2D eigenvalue weighted by atomic mass is 35.5. The van der Waals surface area contributed by atoms with E-state index in [1.165, 1.54) is 12.1 Å². The Morgan fingerprint density at radius 2 is 1.63 bits per heavy atom. The van der Waals surface area contributed by atoms with E-state index >= 15 is 0 Å². The Labute approximate surface area is 124 Å². The van der Waals surface area contributed by atoms with Gasteiger partial charge in [0.15, 0.2) is 5.75 Å². The van der Waals surface area contributed by atoms with Crippen molar-refractivity contribution in [3.8, 4) is 5.75 Å². The van der Waals surface area contributed by atoms with Crippen LogP contribution in [0.3, 0.4) is 0 Å². The van der Waals surface area contributed by atoms with Gasteiger partial charge in [-0.25, -0.2) is 4.39 Å². The average molecular weight is 321 g/mol. The molecule has 2 aromatic rings. The maximum Gasteiger partial charge on any atom is 0.157 e. The molecule has 0 fully saturated rings. The Balaban J connectivity index is 2.16. The minimum atomic E-state index is -0.478. The van der Waals surface area contributed by atoms with Crippen molar-refractivity contribution < 1.29 is 9.13 Å². The lowest BCUT2D eigenvalue weighted by atomic mass is 10.2. The molecule has 0 saturated carbocycles. The first-order chi connectivity index (χ1) is 8.97. The lowest BCUT2D eigenvalue weighted by molar-refractivity contribution is 0.306. The molecule has 2 N–H and O–H groups in total. The molecule has 0 aliphatic rings. The smallest absolute Gasteiger partial charge is 0.157 e. The second-order valence-corrected chi connectivity index (χ2v) is 5.07. The van der Waals surface area contributed by atoms with Gasteiger partial charge >= 0.3 is 0 Å². The number of rotatable bonds is 3. The zero-order valence-electron chi connectivity index (χ0n) is 9.59. The van der Waals surface area contributed by atoms with Gasteiger partial charge in [-0.2, -0.15) is 0 Å². The van der Waals surface area contributed by atoms with Crippen LogP contribution in [0.4, 0.5) is 10.1 Å². The highest BCUT2D eigenvalue weighted by Crippen LogP contribution is 2.35. The van der Waals surface area contributed by atoms with Gasteiger partial charge in [-0.1, -0.05) is 40.9 Å². The molecule has 0 unspecified atom stereocenters. The predicted octanol–water partition coefficient (Wildman–Crippen LogP) is 4.95. The first-order valence-corrected chi connectivity index (χ1v) is 6.42. The summed E-state index contributed by atoms with van der Waals surface area (Å²) in [7, 11) is 0. The predicted molar refractivity (Wildman–Crippen MR) is 76.6 cm³/mol. The molecule has 0 aliphatic carbocycles. The Morgan fingerprint density at radius 1 is 1.00 bits per heavy atom. The largest absolute Gasteiger partial charge is 0.486 e. The van der Waals surface area contributed by atoms with Crippen molar-refractivity contribution in [2.45, 2.75) is 6.61 Å². The summed E-state index contributed by atoms with van der Waals surface area (Å²) < 4.78 is 18.5. The zero-order chi connectivity index (χ0) is 14.0. The highest BCUT2D eigenvalue weighted by molar-refractivity contribution is 6.37. The van der Waals surface area contributed by atoms with Crippen LogP contribution in [0.15, 0.2) is 30.3 Å². The first-order valence-electron chi connectivity index (χ1n) is 5.28. The van der Waals surface area contributed by atoms with Crippen molar-refractivity contribution in [1.29, 1.82) is 0 Å². The summed E-state index contributed by atoms with van der Waals surface area (Å²) in [6.07, 6.45) is 0. The second-order valence-electron chi connectivity index (χ2n) is 3.85. The Bertz CT molecular complexity index is 596. The SMILES string of the molecule is Nc1cc(Cl)c(OCc2ccc(F)c(Cl)c2)c(Cl)c1. The van der Waals surface area contributed by atoms with Gasteiger partial charge in [-0.15, -0.1) is 0 Å². The molecule has 0 radical (unpaired) electrons. The molecule has 2 aromatic carbocycles. The zero-order valence-corrected chi connectivity index (χ0v) is 11.9. The van der Waals surface area contributed by atoms with Crippen LogP contribution >= 0.6 is 34.8 Å². The molecule has 0 bridgehead atoms. The van der Waals surface area contributed by atoms with Gasteiger partial charge in [0.25, 0.3) is 0 Å². The van der Waals surface area contributed by atoms with E-state index in [4.69, 9.17) is 45.3 Å². The van der Waals surface area contributed by atoms with E-state index in [0.29, 0.717) is 27.0 Å². The topological polar surface area (TPSA) is 35.2 Å². The minimum Gasteiger partial charge on any atom is -0.486 e. The second kappa shape index (κ2) is 5.87. The van der Waals surface area contributed by atoms with Gasteiger partial charge in [-0.05, 0) is 29.8 Å². The Kier molecular flexibility index (Phi) is 4.40. The van der Waals surface area contributed by atoms with Crippen molar-refractivity contribution >= 4 is 40.5 Å². The fourth-order valence-electron chi connectivity index (χ4n) is 1.50. The lowest BCUT2D eigenvalue weighted by Gasteiger charge is -2.11. The number of benzene rings is 2. The van der Waals surface area contributed by atoms with E-state index in [1.807, 2.05) is 0 Å². The van der Waals surface area contributed by atoms with Crippen molar-refractivity contribution in [2.75, 3.05) is 5.73 Å². The van der Waals surface area contributed by atoms with Crippen LogP contribution in [-0.2, 0) is 6.61 Å². The quantitative estimate of drug-likeness (QED) is 0.812. The average Bonchev–Trinajstić information content (AvgIpc) is 2.32. The monoisotopic (exact) mass is 319 g/mol. The van der Waals surface area contributed by atoms with E-state index in [0.717, 1.165) is 0 Å². The van der Waals surface area contributed by atoms with Crippen LogP contribution in [0.2, 0.25) is 15.1 Å². The van der Waals surface area contributed by atoms with Gasteiger partial charge in [-0.3, -0.25) is 0 Å². The van der Waals surface area contributed by atoms with Gasteiger partial charge in [0, 0.05) is 5.69 Å². The van der Waals surface area contributed by atoms with Gasteiger partial charge in [0.1, 0.15) is 12.4 Å². The molecule has 6 heteroatoms. The summed E-state index contributed by atoms with van der Waals surface area (Å²) in [4.78, 5) is 0. The number of nitrogens with two attached hydrogens (primary N) is 1. The Morgan fingerprint density at radius 3 is 2.21 bits per heavy atom. The first kappa shape index (κ1) is 14.3. The van der Waals surface area contributed by atoms with Crippen LogP contribution in [0, 0.1) is 5.82 Å². The van der Waals surface area contributed by atoms with E-state index in [2.05, 4.69) is 0 Å². The molecule has 0 amide bonds. The van der Waals surface area contributed by atoms with Crippen molar-refractivity contribution in [3.05, 3.63) is 56.8 Å². The summed E-state index contributed by atoms with van der Waals surface area (Å²) in [5.74, 6) is -0.146. The maximum absolute atomic E-state index is 13.0. The molecule has 2 rings (SSSR count). The number of anilines is 1. The summed E-state index contributed by atoms with van der Waals surface area (Å²) in [5, 5.41) is 0.673. The lowest BCUT2D eigenvalue weighted by Crippen LogP contribution is -1.98. The third-order valence-corrected chi connectivity index (χ3v) is 3.24. The standard InChI is InChI=1S/C13H9Cl3FNO/c14-9-3-7(1-2-12(9)17)6-19-13-10(15)4-8(18)5-11(13)16/h1-5H,6,18H2. The van der Waals surface area contributed by atoms with Crippen molar-refractivity contribution in [1.82, 2.24) is 0 Å². The number of hydrogen-bond donors (Lipinski definition) is 1. The van der Waals surface area contributed by atoms with Gasteiger partial charge in [0.05, 0.1) is 15.1 Å².